The number of alkyl carbamates (subject to hydrolysis) is 1. The van der Waals surface area contributed by atoms with E-state index in [0.717, 1.165) is 10.5 Å². The first kappa shape index (κ1) is 33.6. The molecule has 2 aliphatic heterocycles. The van der Waals surface area contributed by atoms with E-state index < -0.39 is 71.4 Å². The van der Waals surface area contributed by atoms with Crippen molar-refractivity contribution in [3.63, 3.8) is 0 Å². The number of aliphatic hydroxyl groups is 1. The third-order valence-electron chi connectivity index (χ3n) is 7.00. The molecule has 5 atom stereocenters. The lowest BCUT2D eigenvalue weighted by Gasteiger charge is -2.31. The van der Waals surface area contributed by atoms with Crippen LogP contribution in [0.25, 0.3) is 0 Å². The molecular weight excluding hydrogens is 560 g/mol. The predicted molar refractivity (Wildman–Crippen MR) is 155 cm³/mol. The van der Waals surface area contributed by atoms with Gasteiger partial charge >= 0.3 is 18.2 Å². The van der Waals surface area contributed by atoms with Crippen LogP contribution in [0.15, 0.2) is 30.3 Å². The second-order valence-electron chi connectivity index (χ2n) is 13.1. The van der Waals surface area contributed by atoms with Gasteiger partial charge in [-0.15, -0.1) is 0 Å². The summed E-state index contributed by atoms with van der Waals surface area (Å²) < 4.78 is 10.8. The number of hydrogen-bond donors (Lipinski definition) is 4. The van der Waals surface area contributed by atoms with Gasteiger partial charge in [-0.3, -0.25) is 14.5 Å². The van der Waals surface area contributed by atoms with Crippen molar-refractivity contribution in [1.29, 1.82) is 0 Å². The molecule has 0 bridgehead atoms. The number of amides is 4. The van der Waals surface area contributed by atoms with Gasteiger partial charge in [0.25, 0.3) is 0 Å². The van der Waals surface area contributed by atoms with Crippen molar-refractivity contribution in [2.75, 3.05) is 13.1 Å². The van der Waals surface area contributed by atoms with Crippen molar-refractivity contribution in [2.24, 2.45) is 0 Å². The monoisotopic (exact) mass is 604 g/mol. The smallest absolute Gasteiger partial charge is 0.411 e. The molecule has 238 valence electrons. The molecule has 1 aromatic rings. The minimum absolute atomic E-state index is 0.00931. The van der Waals surface area contributed by atoms with E-state index in [1.54, 1.807) is 41.5 Å². The molecule has 0 aromatic heterocycles. The van der Waals surface area contributed by atoms with Crippen LogP contribution in [0.1, 0.15) is 66.4 Å². The van der Waals surface area contributed by atoms with E-state index in [-0.39, 0.29) is 32.4 Å². The van der Waals surface area contributed by atoms with E-state index in [4.69, 9.17) is 9.47 Å². The molecule has 2 saturated heterocycles. The summed E-state index contributed by atoms with van der Waals surface area (Å²) in [6.45, 7) is 9.97. The molecule has 2 fully saturated rings. The predicted octanol–water partition coefficient (Wildman–Crippen LogP) is 2.05. The minimum atomic E-state index is -1.31. The molecule has 2 aliphatic rings. The molecule has 0 aliphatic carbocycles. The first-order valence-corrected chi connectivity index (χ1v) is 14.5. The molecule has 1 aromatic carbocycles. The number of carbonyl (C=O) groups is 5. The Morgan fingerprint density at radius 1 is 0.860 bits per heavy atom. The van der Waals surface area contributed by atoms with Gasteiger partial charge in [-0.25, -0.2) is 14.4 Å². The molecule has 3 rings (SSSR count). The van der Waals surface area contributed by atoms with Gasteiger partial charge < -0.3 is 35.2 Å². The number of nitrogens with zero attached hydrogens (tertiary/aromatic N) is 2. The lowest BCUT2D eigenvalue weighted by Crippen LogP contribution is -2.52. The van der Waals surface area contributed by atoms with Crippen molar-refractivity contribution >= 4 is 30.0 Å². The summed E-state index contributed by atoms with van der Waals surface area (Å²) >= 11 is 0. The Balaban J connectivity index is 1.71. The van der Waals surface area contributed by atoms with Crippen LogP contribution in [0.4, 0.5) is 9.59 Å². The summed E-state index contributed by atoms with van der Waals surface area (Å²) in [5.74, 6) is -2.56. The average Bonchev–Trinajstić information content (AvgIpc) is 3.50. The third kappa shape index (κ3) is 9.84. The van der Waals surface area contributed by atoms with Crippen LogP contribution in [0.5, 0.6) is 0 Å². The zero-order valence-corrected chi connectivity index (χ0v) is 25.7. The van der Waals surface area contributed by atoms with Crippen LogP contribution in [-0.4, -0.2) is 105 Å². The van der Waals surface area contributed by atoms with Gasteiger partial charge in [0, 0.05) is 25.6 Å². The van der Waals surface area contributed by atoms with Crippen LogP contribution in [0.2, 0.25) is 0 Å². The third-order valence-corrected chi connectivity index (χ3v) is 7.00. The van der Waals surface area contributed by atoms with E-state index in [2.05, 4.69) is 10.6 Å². The maximum Gasteiger partial charge on any atom is 0.411 e. The Kier molecular flexibility index (Phi) is 10.7. The van der Waals surface area contributed by atoms with Crippen molar-refractivity contribution in [3.05, 3.63) is 35.9 Å². The van der Waals surface area contributed by atoms with Gasteiger partial charge in [-0.1, -0.05) is 30.3 Å². The quantitative estimate of drug-likeness (QED) is 0.346. The fourth-order valence-electron chi connectivity index (χ4n) is 5.16. The molecule has 0 saturated carbocycles. The lowest BCUT2D eigenvalue weighted by molar-refractivity contribution is -0.149. The number of likely N-dealkylation sites (tertiary alicyclic amines) is 2. The molecule has 0 spiro atoms. The Morgan fingerprint density at radius 3 is 2.00 bits per heavy atom. The number of hydrogen-bond acceptors (Lipinski definition) is 8. The molecular formula is C30H44N4O9. The van der Waals surface area contributed by atoms with E-state index in [1.165, 1.54) is 4.90 Å². The van der Waals surface area contributed by atoms with Crippen molar-refractivity contribution in [1.82, 2.24) is 20.4 Å². The number of benzene rings is 1. The Hall–Kier alpha value is -3.87. The highest BCUT2D eigenvalue weighted by atomic mass is 16.6. The minimum Gasteiger partial charge on any atom is -0.480 e. The van der Waals surface area contributed by atoms with Crippen LogP contribution in [0.3, 0.4) is 0 Å². The standard InChI is InChI=1S/C30H44N4O9/c1-29(2,3)42-27(40)32-20-14-21(34(17-20)28(41)43-30(4,5)6)25(37)33-16-19(15-22(33)26(38)39)31-24(36)23(35)13-12-18-10-8-7-9-11-18/h7-11,19-23,35H,12-17H2,1-6H3,(H,31,36)(H,32,40)(H,38,39)/t19-,20-,21+,22+,23-/m1/s1. The average molecular weight is 605 g/mol. The fraction of sp³-hybridized carbons (Fsp3) is 0.633. The van der Waals surface area contributed by atoms with Gasteiger partial charge in [-0.2, -0.15) is 0 Å². The van der Waals surface area contributed by atoms with Gasteiger partial charge in [0.15, 0.2) is 0 Å². The largest absolute Gasteiger partial charge is 0.480 e. The van der Waals surface area contributed by atoms with E-state index in [9.17, 15) is 34.2 Å². The number of carbonyl (C=O) groups excluding carboxylic acids is 4. The Morgan fingerprint density at radius 2 is 1.42 bits per heavy atom. The number of carboxylic acids is 1. The second-order valence-corrected chi connectivity index (χ2v) is 13.1. The Bertz CT molecular complexity index is 1180. The summed E-state index contributed by atoms with van der Waals surface area (Å²) in [6, 6.07) is 5.60. The van der Waals surface area contributed by atoms with Gasteiger partial charge in [0.05, 0.1) is 6.04 Å². The maximum absolute atomic E-state index is 13.8. The first-order valence-electron chi connectivity index (χ1n) is 14.5. The van der Waals surface area contributed by atoms with E-state index >= 15 is 0 Å². The number of ether oxygens (including phenoxy) is 2. The highest BCUT2D eigenvalue weighted by Crippen LogP contribution is 2.28. The SMILES string of the molecule is CC(C)(C)OC(=O)N[C@@H]1C[C@@H](C(=O)N2C[C@H](NC(=O)[C@H](O)CCc3ccccc3)C[C@H]2C(=O)O)N(C(=O)OC(C)(C)C)C1. The Labute approximate surface area is 251 Å². The van der Waals surface area contributed by atoms with Crippen molar-refractivity contribution in [3.8, 4) is 0 Å². The second kappa shape index (κ2) is 13.6. The van der Waals surface area contributed by atoms with Crippen molar-refractivity contribution < 1.29 is 43.7 Å². The van der Waals surface area contributed by atoms with E-state index in [0.29, 0.717) is 6.42 Å². The molecule has 2 heterocycles. The number of carboxylic acid groups (broad SMARTS) is 1. The maximum atomic E-state index is 13.8. The van der Waals surface area contributed by atoms with Crippen LogP contribution in [0, 0.1) is 0 Å². The molecule has 43 heavy (non-hydrogen) atoms. The molecule has 0 radical (unpaired) electrons. The van der Waals surface area contributed by atoms with Crippen LogP contribution in [-0.2, 0) is 30.3 Å². The van der Waals surface area contributed by atoms with Gasteiger partial charge in [0.1, 0.15) is 29.4 Å². The molecule has 4 N–H and O–H groups in total. The highest BCUT2D eigenvalue weighted by molar-refractivity contribution is 5.91. The highest BCUT2D eigenvalue weighted by Gasteiger charge is 2.48. The van der Waals surface area contributed by atoms with Gasteiger partial charge in [0.2, 0.25) is 11.8 Å². The molecule has 4 amide bonds. The zero-order valence-electron chi connectivity index (χ0n) is 25.7. The zero-order chi connectivity index (χ0) is 32.1. The number of aliphatic carboxylic acids is 1. The summed E-state index contributed by atoms with van der Waals surface area (Å²) in [4.78, 5) is 66.6. The van der Waals surface area contributed by atoms with Crippen molar-refractivity contribution in [2.45, 2.75) is 109 Å². The molecule has 0 unspecified atom stereocenters. The fourth-order valence-corrected chi connectivity index (χ4v) is 5.16. The van der Waals surface area contributed by atoms with Gasteiger partial charge in [-0.05, 0) is 66.4 Å². The number of aliphatic hydroxyl groups excluding tert-OH is 1. The summed E-state index contributed by atoms with van der Waals surface area (Å²) in [6.07, 6.45) is -2.22. The van der Waals surface area contributed by atoms with Crippen LogP contribution < -0.4 is 10.6 Å². The summed E-state index contributed by atoms with van der Waals surface area (Å²) in [7, 11) is 0. The first-order chi connectivity index (χ1) is 19.9. The molecule has 13 nitrogen and oxygen atoms in total. The molecule has 13 heteroatoms. The lowest BCUT2D eigenvalue weighted by atomic mass is 10.1. The normalized spacial score (nSPS) is 23.0. The topological polar surface area (TPSA) is 175 Å². The number of nitrogens with one attached hydrogen (secondary N) is 2. The summed E-state index contributed by atoms with van der Waals surface area (Å²) in [5.41, 5.74) is -0.666. The van der Waals surface area contributed by atoms with E-state index in [1.807, 2.05) is 30.3 Å². The number of aryl methyl sites for hydroxylation is 1. The summed E-state index contributed by atoms with van der Waals surface area (Å²) in [5, 5.41) is 25.7. The van der Waals surface area contributed by atoms with Crippen LogP contribution >= 0.6 is 0 Å². The number of rotatable bonds is 8.